The largest absolute Gasteiger partial charge is 0.491 e. The van der Waals surface area contributed by atoms with Crippen LogP contribution in [0.5, 0.6) is 0 Å². The Morgan fingerprint density at radius 1 is 1.37 bits per heavy atom. The predicted molar refractivity (Wildman–Crippen MR) is 98.1 cm³/mol. The molecule has 6 nitrogen and oxygen atoms in total. The first-order valence-electron chi connectivity index (χ1n) is 8.79. The summed E-state index contributed by atoms with van der Waals surface area (Å²) in [5, 5.41) is 9.67. The molecule has 1 aliphatic rings. The summed E-state index contributed by atoms with van der Waals surface area (Å²) < 4.78 is 55.3. The van der Waals surface area contributed by atoms with Gasteiger partial charge < -0.3 is 9.64 Å². The number of anilines is 1. The smallest absolute Gasteiger partial charge is 0.386 e. The number of hydrogen-bond donors (Lipinski definition) is 0. The Hall–Kier alpha value is -2.93. The molecule has 1 saturated heterocycles. The second-order valence-electron chi connectivity index (χ2n) is 6.91. The molecule has 30 heavy (non-hydrogen) atoms. The van der Waals surface area contributed by atoms with Crippen molar-refractivity contribution in [1.29, 1.82) is 5.26 Å². The van der Waals surface area contributed by atoms with Crippen molar-refractivity contribution in [2.24, 2.45) is 11.8 Å². The van der Waals surface area contributed by atoms with Crippen molar-refractivity contribution in [1.82, 2.24) is 4.98 Å². The van der Waals surface area contributed by atoms with Crippen molar-refractivity contribution in [2.75, 3.05) is 18.0 Å². The van der Waals surface area contributed by atoms with E-state index in [0.717, 1.165) is 0 Å². The van der Waals surface area contributed by atoms with Gasteiger partial charge in [-0.25, -0.2) is 9.18 Å². The molecule has 1 aliphatic heterocycles. The third-order valence-corrected chi connectivity index (χ3v) is 5.26. The van der Waals surface area contributed by atoms with Gasteiger partial charge in [-0.15, -0.1) is 0 Å². The van der Waals surface area contributed by atoms with E-state index in [1.165, 1.54) is 18.3 Å². The topological polar surface area (TPSA) is 83.3 Å². The first-order valence-corrected chi connectivity index (χ1v) is 9.17. The lowest BCUT2D eigenvalue weighted by molar-refractivity contribution is -0.203. The maximum absolute atomic E-state index is 14.4. The second-order valence-corrected chi connectivity index (χ2v) is 7.32. The molecule has 1 aromatic heterocycles. The molecule has 2 atom stereocenters. The zero-order valence-electron chi connectivity index (χ0n) is 15.5. The number of rotatable bonds is 2. The fourth-order valence-electron chi connectivity index (χ4n) is 3.54. The number of benzene rings is 1. The Morgan fingerprint density at radius 3 is 2.67 bits per heavy atom. The Bertz CT molecular complexity index is 1070. The number of hydrogen-bond acceptors (Lipinski definition) is 6. The average Bonchev–Trinajstić information content (AvgIpc) is 2.68. The van der Waals surface area contributed by atoms with E-state index in [1.807, 2.05) is 6.07 Å². The van der Waals surface area contributed by atoms with Crippen molar-refractivity contribution in [3.8, 4) is 6.07 Å². The zero-order chi connectivity index (χ0) is 22.2. The molecule has 0 aliphatic carbocycles. The summed E-state index contributed by atoms with van der Waals surface area (Å²) in [6, 6.07) is 4.85. The molecule has 3 rings (SSSR count). The van der Waals surface area contributed by atoms with Crippen LogP contribution in [0.1, 0.15) is 18.9 Å². The molecule has 1 aromatic carbocycles. The summed E-state index contributed by atoms with van der Waals surface area (Å²) in [7, 11) is 0. The van der Waals surface area contributed by atoms with Gasteiger partial charge in [0.25, 0.3) is 0 Å². The fraction of sp³-hybridized carbons (Fsp3) is 0.368. The fourth-order valence-corrected chi connectivity index (χ4v) is 3.69. The minimum atomic E-state index is -5.26. The lowest BCUT2D eigenvalue weighted by atomic mass is 9.86. The van der Waals surface area contributed by atoms with E-state index in [1.54, 1.807) is 11.8 Å². The van der Waals surface area contributed by atoms with E-state index in [4.69, 9.17) is 11.6 Å². The van der Waals surface area contributed by atoms with E-state index in [9.17, 15) is 32.4 Å². The SMILES string of the molecule is CC1CN(c2c(C#N)cnc3c(F)c(Cl)ccc23)CCC1C(=O)OC(=O)C(F)(F)F. The molecule has 0 amide bonds. The maximum Gasteiger partial charge on any atom is 0.491 e. The summed E-state index contributed by atoms with van der Waals surface area (Å²) in [4.78, 5) is 28.7. The quantitative estimate of drug-likeness (QED) is 0.396. The van der Waals surface area contributed by atoms with Crippen LogP contribution in [-0.4, -0.2) is 36.2 Å². The number of esters is 2. The molecular weight excluding hydrogens is 430 g/mol. The Labute approximate surface area is 173 Å². The van der Waals surface area contributed by atoms with E-state index in [0.29, 0.717) is 11.1 Å². The molecule has 0 bridgehead atoms. The number of pyridine rings is 1. The van der Waals surface area contributed by atoms with Crippen LogP contribution in [0.3, 0.4) is 0 Å². The van der Waals surface area contributed by atoms with E-state index in [-0.39, 0.29) is 35.6 Å². The van der Waals surface area contributed by atoms with Crippen molar-refractivity contribution >= 4 is 40.1 Å². The van der Waals surface area contributed by atoms with Gasteiger partial charge in [0.15, 0.2) is 5.82 Å². The molecule has 158 valence electrons. The summed E-state index contributed by atoms with van der Waals surface area (Å²) in [5.41, 5.74) is 0.536. The molecule has 0 saturated carbocycles. The molecule has 0 N–H and O–H groups in total. The second kappa shape index (κ2) is 8.07. The molecule has 11 heteroatoms. The van der Waals surface area contributed by atoms with Gasteiger partial charge in [-0.1, -0.05) is 18.5 Å². The molecule has 0 radical (unpaired) electrons. The maximum atomic E-state index is 14.4. The van der Waals surface area contributed by atoms with Crippen LogP contribution >= 0.6 is 11.6 Å². The van der Waals surface area contributed by atoms with Gasteiger partial charge in [-0.3, -0.25) is 9.78 Å². The number of nitriles is 1. The van der Waals surface area contributed by atoms with Crippen LogP contribution in [0.15, 0.2) is 18.3 Å². The number of aromatic nitrogens is 1. The van der Waals surface area contributed by atoms with Crippen molar-refractivity contribution in [3.05, 3.63) is 34.7 Å². The van der Waals surface area contributed by atoms with Gasteiger partial charge in [0, 0.05) is 24.7 Å². The molecule has 1 fully saturated rings. The molecule has 2 aromatic rings. The number of alkyl halides is 3. The van der Waals surface area contributed by atoms with Gasteiger partial charge >= 0.3 is 18.1 Å². The number of ether oxygens (including phenoxy) is 1. The monoisotopic (exact) mass is 443 g/mol. The summed E-state index contributed by atoms with van der Waals surface area (Å²) in [6.07, 6.45) is -3.97. The van der Waals surface area contributed by atoms with Gasteiger partial charge in [0.2, 0.25) is 0 Å². The highest BCUT2D eigenvalue weighted by Crippen LogP contribution is 2.36. The van der Waals surface area contributed by atoms with Crippen molar-refractivity contribution in [2.45, 2.75) is 19.5 Å². The molecule has 2 unspecified atom stereocenters. The standard InChI is InChI=1S/C19H14ClF4N3O3/c1-9-8-27(5-4-11(9)17(28)30-18(29)19(22,23)24)16-10(6-25)7-26-15-12(16)2-3-13(20)14(15)21/h2-3,7,9,11H,4-5,8H2,1H3. The van der Waals surface area contributed by atoms with E-state index < -0.39 is 35.8 Å². The van der Waals surface area contributed by atoms with Crippen LogP contribution in [-0.2, 0) is 14.3 Å². The minimum absolute atomic E-state index is 0.0264. The highest BCUT2D eigenvalue weighted by atomic mass is 35.5. The normalized spacial score (nSPS) is 19.4. The highest BCUT2D eigenvalue weighted by Gasteiger charge is 2.44. The van der Waals surface area contributed by atoms with E-state index >= 15 is 0 Å². The number of piperidine rings is 1. The Kier molecular flexibility index (Phi) is 5.85. The van der Waals surface area contributed by atoms with Gasteiger partial charge in [0.05, 0.1) is 22.2 Å². The van der Waals surface area contributed by atoms with E-state index in [2.05, 4.69) is 9.72 Å². The highest BCUT2D eigenvalue weighted by molar-refractivity contribution is 6.31. The zero-order valence-corrected chi connectivity index (χ0v) is 16.2. The van der Waals surface area contributed by atoms with Crippen LogP contribution in [0.2, 0.25) is 5.02 Å². The third kappa shape index (κ3) is 4.03. The number of carbonyl (C=O) groups is 2. The van der Waals surface area contributed by atoms with Crippen molar-refractivity contribution < 1.29 is 31.9 Å². The summed E-state index contributed by atoms with van der Waals surface area (Å²) in [6.45, 7) is 1.95. The number of nitrogens with zero attached hydrogens (tertiary/aromatic N) is 3. The first-order chi connectivity index (χ1) is 14.0. The van der Waals surface area contributed by atoms with Crippen molar-refractivity contribution in [3.63, 3.8) is 0 Å². The van der Waals surface area contributed by atoms with Crippen LogP contribution in [0.4, 0.5) is 23.2 Å². The first kappa shape index (κ1) is 21.8. The Balaban J connectivity index is 1.88. The van der Waals surface area contributed by atoms with Crippen LogP contribution in [0.25, 0.3) is 10.9 Å². The van der Waals surface area contributed by atoms with Crippen LogP contribution in [0, 0.1) is 29.0 Å². The van der Waals surface area contributed by atoms with Gasteiger partial charge in [-0.2, -0.15) is 18.4 Å². The molecular formula is C19H14ClF4N3O3. The number of fused-ring (bicyclic) bond motifs is 1. The lowest BCUT2D eigenvalue weighted by Crippen LogP contribution is -2.44. The predicted octanol–water partition coefficient (Wildman–Crippen LogP) is 3.99. The average molecular weight is 444 g/mol. The van der Waals surface area contributed by atoms with Crippen LogP contribution < -0.4 is 4.90 Å². The van der Waals surface area contributed by atoms with Gasteiger partial charge in [-0.05, 0) is 24.5 Å². The summed E-state index contributed by atoms with van der Waals surface area (Å²) in [5.74, 6) is -5.97. The van der Waals surface area contributed by atoms with Gasteiger partial charge in [0.1, 0.15) is 11.6 Å². The lowest BCUT2D eigenvalue weighted by Gasteiger charge is -2.37. The third-order valence-electron chi connectivity index (χ3n) is 4.97. The minimum Gasteiger partial charge on any atom is -0.386 e. The summed E-state index contributed by atoms with van der Waals surface area (Å²) >= 11 is 5.80. The number of carbonyl (C=O) groups excluding carboxylic acids is 2. The number of halogens is 5. The molecule has 2 heterocycles. The Morgan fingerprint density at radius 2 is 2.07 bits per heavy atom. The molecule has 0 spiro atoms.